The molecule has 0 fully saturated rings. The summed E-state index contributed by atoms with van der Waals surface area (Å²) in [5, 5.41) is 7.35. The summed E-state index contributed by atoms with van der Waals surface area (Å²) >= 11 is 6.35. The topological polar surface area (TPSA) is 49.8 Å². The van der Waals surface area contributed by atoms with E-state index < -0.39 is 0 Å². The van der Waals surface area contributed by atoms with Gasteiger partial charge in [-0.1, -0.05) is 31.0 Å². The lowest BCUT2D eigenvalue weighted by molar-refractivity contribution is 0.829. The van der Waals surface area contributed by atoms with Crippen LogP contribution in [0.15, 0.2) is 18.2 Å². The molecule has 1 aromatic carbocycles. The van der Waals surface area contributed by atoms with E-state index in [1.54, 1.807) is 0 Å². The van der Waals surface area contributed by atoms with Gasteiger partial charge in [-0.15, -0.1) is 0 Å². The Morgan fingerprint density at radius 3 is 2.45 bits per heavy atom. The smallest absolute Gasteiger partial charge is 0.136 e. The van der Waals surface area contributed by atoms with E-state index >= 15 is 0 Å². The third-order valence-corrected chi connectivity index (χ3v) is 3.66. The molecule has 0 aliphatic rings. The number of halogens is 1. The molecule has 0 aliphatic carbocycles. The first-order valence-corrected chi connectivity index (χ1v) is 8.00. The molecule has 1 aromatic heterocycles. The molecule has 2 rings (SSSR count). The minimum atomic E-state index is 0.703. The SMILES string of the molecule is CCCCNc1cc(Nc2c(C)cc(C)cc2Cl)nc(C)n1. The zero-order valence-corrected chi connectivity index (χ0v) is 14.4. The van der Waals surface area contributed by atoms with E-state index in [1.165, 1.54) is 0 Å². The van der Waals surface area contributed by atoms with Gasteiger partial charge in [0.05, 0.1) is 10.7 Å². The summed E-state index contributed by atoms with van der Waals surface area (Å²) in [5.74, 6) is 2.31. The molecule has 2 N–H and O–H groups in total. The molecule has 5 heteroatoms. The molecule has 0 amide bonds. The van der Waals surface area contributed by atoms with Gasteiger partial charge >= 0.3 is 0 Å². The quantitative estimate of drug-likeness (QED) is 0.735. The maximum atomic E-state index is 6.35. The molecule has 0 spiro atoms. The van der Waals surface area contributed by atoms with Crippen LogP contribution in [0.1, 0.15) is 36.7 Å². The zero-order valence-electron chi connectivity index (χ0n) is 13.6. The Morgan fingerprint density at radius 2 is 1.77 bits per heavy atom. The fourth-order valence-corrected chi connectivity index (χ4v) is 2.69. The first-order chi connectivity index (χ1) is 10.5. The fraction of sp³-hybridized carbons (Fsp3) is 0.412. The molecule has 0 saturated heterocycles. The lowest BCUT2D eigenvalue weighted by Gasteiger charge is -2.13. The van der Waals surface area contributed by atoms with E-state index in [4.69, 9.17) is 11.6 Å². The van der Waals surface area contributed by atoms with Gasteiger partial charge in [-0.2, -0.15) is 0 Å². The van der Waals surface area contributed by atoms with E-state index in [9.17, 15) is 0 Å². The molecule has 22 heavy (non-hydrogen) atoms. The monoisotopic (exact) mass is 318 g/mol. The average Bonchev–Trinajstić information content (AvgIpc) is 2.42. The summed E-state index contributed by atoms with van der Waals surface area (Å²) in [7, 11) is 0. The largest absolute Gasteiger partial charge is 0.370 e. The van der Waals surface area contributed by atoms with Crippen LogP contribution in [-0.4, -0.2) is 16.5 Å². The summed E-state index contributed by atoms with van der Waals surface area (Å²) in [6.45, 7) is 9.04. The number of rotatable bonds is 6. The summed E-state index contributed by atoms with van der Waals surface area (Å²) in [5.41, 5.74) is 3.14. The van der Waals surface area contributed by atoms with E-state index in [1.807, 2.05) is 32.9 Å². The van der Waals surface area contributed by atoms with Crippen molar-refractivity contribution < 1.29 is 0 Å². The minimum absolute atomic E-state index is 0.703. The Morgan fingerprint density at radius 1 is 1.05 bits per heavy atom. The van der Waals surface area contributed by atoms with Crippen LogP contribution in [0.2, 0.25) is 5.02 Å². The van der Waals surface area contributed by atoms with Crippen LogP contribution < -0.4 is 10.6 Å². The molecule has 0 atom stereocenters. The molecular weight excluding hydrogens is 296 g/mol. The third kappa shape index (κ3) is 4.34. The Labute approximate surface area is 137 Å². The molecule has 0 saturated carbocycles. The van der Waals surface area contributed by atoms with Gasteiger partial charge < -0.3 is 10.6 Å². The molecule has 1 heterocycles. The predicted molar refractivity (Wildman–Crippen MR) is 94.4 cm³/mol. The maximum Gasteiger partial charge on any atom is 0.136 e. The molecule has 0 unspecified atom stereocenters. The minimum Gasteiger partial charge on any atom is -0.370 e. The standard InChI is InChI=1S/C17H23ClN4/c1-5-6-7-19-15-10-16(21-13(4)20-15)22-17-12(3)8-11(2)9-14(17)18/h8-10H,5-7H2,1-4H3,(H2,19,20,21,22). The molecule has 0 radical (unpaired) electrons. The van der Waals surface area contributed by atoms with Crippen molar-refractivity contribution in [1.29, 1.82) is 0 Å². The van der Waals surface area contributed by atoms with Gasteiger partial charge in [-0.3, -0.25) is 0 Å². The summed E-state index contributed by atoms with van der Waals surface area (Å²) in [6.07, 6.45) is 2.27. The van der Waals surface area contributed by atoms with Gasteiger partial charge in [-0.25, -0.2) is 9.97 Å². The highest BCUT2D eigenvalue weighted by Crippen LogP contribution is 2.30. The van der Waals surface area contributed by atoms with Crippen LogP contribution in [0.5, 0.6) is 0 Å². The van der Waals surface area contributed by atoms with E-state index in [0.717, 1.165) is 53.7 Å². The fourth-order valence-electron chi connectivity index (χ4n) is 2.32. The van der Waals surface area contributed by atoms with E-state index in [-0.39, 0.29) is 0 Å². The van der Waals surface area contributed by atoms with Crippen LogP contribution in [-0.2, 0) is 0 Å². The van der Waals surface area contributed by atoms with Gasteiger partial charge in [0.2, 0.25) is 0 Å². The number of unbranched alkanes of at least 4 members (excludes halogenated alkanes) is 1. The number of hydrogen-bond acceptors (Lipinski definition) is 4. The number of nitrogens with one attached hydrogen (secondary N) is 2. The highest BCUT2D eigenvalue weighted by molar-refractivity contribution is 6.33. The number of anilines is 3. The second kappa shape index (κ2) is 7.45. The number of hydrogen-bond donors (Lipinski definition) is 2. The molecule has 4 nitrogen and oxygen atoms in total. The van der Waals surface area contributed by atoms with Gasteiger partial charge in [-0.05, 0) is 44.4 Å². The van der Waals surface area contributed by atoms with Crippen LogP contribution in [0.4, 0.5) is 17.3 Å². The van der Waals surface area contributed by atoms with Crippen LogP contribution in [0.3, 0.4) is 0 Å². The molecular formula is C17H23ClN4. The lowest BCUT2D eigenvalue weighted by Crippen LogP contribution is -2.06. The number of aryl methyl sites for hydroxylation is 3. The van der Waals surface area contributed by atoms with Crippen LogP contribution >= 0.6 is 11.6 Å². The predicted octanol–water partition coefficient (Wildman–Crippen LogP) is 5.01. The van der Waals surface area contributed by atoms with Crippen molar-refractivity contribution in [3.05, 3.63) is 40.2 Å². The van der Waals surface area contributed by atoms with Crippen molar-refractivity contribution in [3.8, 4) is 0 Å². The third-order valence-electron chi connectivity index (χ3n) is 3.36. The molecule has 0 bridgehead atoms. The van der Waals surface area contributed by atoms with Crippen molar-refractivity contribution in [2.75, 3.05) is 17.2 Å². The van der Waals surface area contributed by atoms with Crippen molar-refractivity contribution in [2.45, 2.75) is 40.5 Å². The molecule has 0 aliphatic heterocycles. The van der Waals surface area contributed by atoms with E-state index in [2.05, 4.69) is 33.6 Å². The first kappa shape index (κ1) is 16.6. The van der Waals surface area contributed by atoms with Crippen molar-refractivity contribution in [3.63, 3.8) is 0 Å². The van der Waals surface area contributed by atoms with Gasteiger partial charge in [0.15, 0.2) is 0 Å². The van der Waals surface area contributed by atoms with Crippen LogP contribution in [0, 0.1) is 20.8 Å². The second-order valence-corrected chi connectivity index (χ2v) is 5.94. The van der Waals surface area contributed by atoms with Crippen LogP contribution in [0.25, 0.3) is 0 Å². The Bertz CT molecular complexity index is 632. The van der Waals surface area contributed by atoms with Crippen molar-refractivity contribution in [2.24, 2.45) is 0 Å². The summed E-state index contributed by atoms with van der Waals surface area (Å²) in [4.78, 5) is 8.85. The molecule has 118 valence electrons. The lowest BCUT2D eigenvalue weighted by atomic mass is 10.1. The Kier molecular flexibility index (Phi) is 5.61. The highest BCUT2D eigenvalue weighted by atomic mass is 35.5. The van der Waals surface area contributed by atoms with Crippen molar-refractivity contribution >= 4 is 28.9 Å². The zero-order chi connectivity index (χ0) is 16.1. The number of aromatic nitrogens is 2. The normalized spacial score (nSPS) is 10.6. The summed E-state index contributed by atoms with van der Waals surface area (Å²) in [6, 6.07) is 5.96. The second-order valence-electron chi connectivity index (χ2n) is 5.53. The van der Waals surface area contributed by atoms with Gasteiger partial charge in [0.1, 0.15) is 17.5 Å². The van der Waals surface area contributed by atoms with Crippen molar-refractivity contribution in [1.82, 2.24) is 9.97 Å². The average molecular weight is 319 g/mol. The molecule has 2 aromatic rings. The maximum absolute atomic E-state index is 6.35. The summed E-state index contributed by atoms with van der Waals surface area (Å²) < 4.78 is 0. The number of nitrogens with zero attached hydrogens (tertiary/aromatic N) is 2. The van der Waals surface area contributed by atoms with Gasteiger partial charge in [0, 0.05) is 12.6 Å². The highest BCUT2D eigenvalue weighted by Gasteiger charge is 2.08. The number of benzene rings is 1. The van der Waals surface area contributed by atoms with E-state index in [0.29, 0.717) is 5.02 Å². The Hall–Kier alpha value is -1.81. The first-order valence-electron chi connectivity index (χ1n) is 7.63. The Balaban J connectivity index is 2.22. The van der Waals surface area contributed by atoms with Gasteiger partial charge in [0.25, 0.3) is 0 Å².